The monoisotopic (exact) mass is 463 g/mol. The molecule has 0 saturated carbocycles. The van der Waals surface area contributed by atoms with Gasteiger partial charge in [0.1, 0.15) is 0 Å². The molecule has 0 aromatic heterocycles. The Morgan fingerprint density at radius 2 is 1.68 bits per heavy atom. The highest BCUT2D eigenvalue weighted by Gasteiger charge is 2.19. The molecule has 1 saturated heterocycles. The summed E-state index contributed by atoms with van der Waals surface area (Å²) in [7, 11) is 2.21. The lowest BCUT2D eigenvalue weighted by atomic mass is 9.92. The Hall–Kier alpha value is -2.31. The summed E-state index contributed by atoms with van der Waals surface area (Å²) < 4.78 is 0. The SMILES string of the molecule is CC.CCC.Cc1cc(-c2cc(CC(C)CCN(C)C(C)C)ccc2N2CCC2)ccc1C#N. The Balaban J connectivity index is 0.00000107. The molecule has 1 aliphatic rings. The van der Waals surface area contributed by atoms with Crippen LogP contribution in [0.2, 0.25) is 0 Å². The van der Waals surface area contributed by atoms with Crippen LogP contribution in [0.25, 0.3) is 11.1 Å². The summed E-state index contributed by atoms with van der Waals surface area (Å²) >= 11 is 0. The summed E-state index contributed by atoms with van der Waals surface area (Å²) in [5.74, 6) is 0.654. The lowest BCUT2D eigenvalue weighted by Crippen LogP contribution is -2.37. The Morgan fingerprint density at radius 1 is 1.03 bits per heavy atom. The first-order chi connectivity index (χ1) is 16.3. The van der Waals surface area contributed by atoms with Crippen LogP contribution in [0, 0.1) is 24.2 Å². The predicted octanol–water partition coefficient (Wildman–Crippen LogP) is 8.10. The van der Waals surface area contributed by atoms with E-state index in [9.17, 15) is 5.26 Å². The third-order valence-electron chi connectivity index (χ3n) is 6.36. The van der Waals surface area contributed by atoms with E-state index in [1.165, 1.54) is 41.6 Å². The van der Waals surface area contributed by atoms with E-state index in [2.05, 4.69) is 87.9 Å². The standard InChI is InChI=1S/C26H35N3.C3H8.C2H6/c1-19(2)28(5)14-11-20(3)15-22-7-10-26(29-12-6-13-29)25(17-22)23-8-9-24(18-27)21(4)16-23;1-3-2;1-2/h7-10,16-17,19-20H,6,11-15H2,1-5H3;3H2,1-2H3;1-2H3. The minimum atomic E-state index is 0.601. The molecule has 0 spiro atoms. The van der Waals surface area contributed by atoms with E-state index < -0.39 is 0 Å². The van der Waals surface area contributed by atoms with Gasteiger partial charge in [-0.15, -0.1) is 0 Å². The van der Waals surface area contributed by atoms with Gasteiger partial charge in [0.2, 0.25) is 0 Å². The molecule has 0 bridgehead atoms. The maximum Gasteiger partial charge on any atom is 0.0994 e. The molecule has 1 aliphatic heterocycles. The number of rotatable bonds is 8. The third kappa shape index (κ3) is 8.80. The maximum atomic E-state index is 9.28. The van der Waals surface area contributed by atoms with Gasteiger partial charge in [-0.25, -0.2) is 0 Å². The fraction of sp³-hybridized carbons (Fsp3) is 0.581. The number of hydrogen-bond acceptors (Lipinski definition) is 3. The average molecular weight is 464 g/mol. The van der Waals surface area contributed by atoms with Crippen molar-refractivity contribution in [3.63, 3.8) is 0 Å². The van der Waals surface area contributed by atoms with Crippen LogP contribution in [0.1, 0.15) is 84.4 Å². The number of anilines is 1. The molecule has 1 heterocycles. The van der Waals surface area contributed by atoms with Gasteiger partial charge in [-0.3, -0.25) is 0 Å². The Bertz CT molecular complexity index is 890. The number of hydrogen-bond donors (Lipinski definition) is 0. The molecule has 1 fully saturated rings. The van der Waals surface area contributed by atoms with Gasteiger partial charge in [-0.05, 0) is 94.4 Å². The summed E-state index contributed by atoms with van der Waals surface area (Å²) in [4.78, 5) is 4.89. The highest BCUT2D eigenvalue weighted by molar-refractivity contribution is 5.80. The van der Waals surface area contributed by atoms with Crippen LogP contribution in [0.15, 0.2) is 36.4 Å². The highest BCUT2D eigenvalue weighted by Crippen LogP contribution is 2.35. The largest absolute Gasteiger partial charge is 0.371 e. The number of nitriles is 1. The van der Waals surface area contributed by atoms with Gasteiger partial charge in [-0.1, -0.05) is 59.2 Å². The smallest absolute Gasteiger partial charge is 0.0994 e. The zero-order valence-corrected chi connectivity index (χ0v) is 23.4. The van der Waals surface area contributed by atoms with Crippen molar-refractivity contribution < 1.29 is 0 Å². The van der Waals surface area contributed by atoms with Gasteiger partial charge in [0.25, 0.3) is 0 Å². The minimum Gasteiger partial charge on any atom is -0.371 e. The second kappa shape index (κ2) is 15.6. The van der Waals surface area contributed by atoms with Crippen molar-refractivity contribution in [2.75, 3.05) is 31.6 Å². The Labute approximate surface area is 210 Å². The van der Waals surface area contributed by atoms with Crippen LogP contribution >= 0.6 is 0 Å². The molecule has 2 aromatic carbocycles. The van der Waals surface area contributed by atoms with Crippen molar-refractivity contribution in [2.45, 2.75) is 87.1 Å². The molecule has 188 valence electrons. The Morgan fingerprint density at radius 3 is 2.18 bits per heavy atom. The number of benzene rings is 2. The second-order valence-electron chi connectivity index (χ2n) is 9.71. The van der Waals surface area contributed by atoms with E-state index in [-0.39, 0.29) is 0 Å². The highest BCUT2D eigenvalue weighted by atomic mass is 15.2. The molecule has 0 N–H and O–H groups in total. The van der Waals surface area contributed by atoms with Gasteiger partial charge >= 0.3 is 0 Å². The zero-order chi connectivity index (χ0) is 25.7. The first kappa shape index (κ1) is 29.7. The fourth-order valence-electron chi connectivity index (χ4n) is 3.92. The van der Waals surface area contributed by atoms with Gasteiger partial charge in [0, 0.05) is 30.4 Å². The van der Waals surface area contributed by atoms with Gasteiger partial charge < -0.3 is 9.80 Å². The van der Waals surface area contributed by atoms with Gasteiger partial charge in [-0.2, -0.15) is 5.26 Å². The fourth-order valence-corrected chi connectivity index (χ4v) is 3.92. The quantitative estimate of drug-likeness (QED) is 0.396. The van der Waals surface area contributed by atoms with Gasteiger partial charge in [0.05, 0.1) is 11.6 Å². The predicted molar refractivity (Wildman–Crippen MR) is 151 cm³/mol. The minimum absolute atomic E-state index is 0.601. The van der Waals surface area contributed by atoms with E-state index >= 15 is 0 Å². The van der Waals surface area contributed by atoms with Gasteiger partial charge in [0.15, 0.2) is 0 Å². The molecule has 3 nitrogen and oxygen atoms in total. The van der Waals surface area contributed by atoms with Crippen LogP contribution in [-0.2, 0) is 6.42 Å². The molecule has 2 aromatic rings. The topological polar surface area (TPSA) is 30.3 Å². The zero-order valence-electron chi connectivity index (χ0n) is 23.4. The molecule has 0 amide bonds. The summed E-state index contributed by atoms with van der Waals surface area (Å²) in [6.45, 7) is 20.6. The van der Waals surface area contributed by atoms with E-state index in [1.54, 1.807) is 0 Å². The number of nitrogens with zero attached hydrogens (tertiary/aromatic N) is 3. The molecule has 1 atom stereocenters. The normalized spacial score (nSPS) is 13.3. The lowest BCUT2D eigenvalue weighted by molar-refractivity contribution is 0.254. The summed E-state index contributed by atoms with van der Waals surface area (Å²) in [6.07, 6.45) is 4.84. The molecular weight excluding hydrogens is 414 g/mol. The second-order valence-corrected chi connectivity index (χ2v) is 9.71. The molecule has 34 heavy (non-hydrogen) atoms. The van der Waals surface area contributed by atoms with Crippen LogP contribution in [0.3, 0.4) is 0 Å². The Kier molecular flexibility index (Phi) is 13.6. The van der Waals surface area contributed by atoms with E-state index in [4.69, 9.17) is 0 Å². The molecule has 3 heteroatoms. The van der Waals surface area contributed by atoms with Crippen molar-refractivity contribution in [3.8, 4) is 17.2 Å². The molecule has 1 unspecified atom stereocenters. The first-order valence-corrected chi connectivity index (χ1v) is 13.4. The van der Waals surface area contributed by atoms with Crippen molar-refractivity contribution in [2.24, 2.45) is 5.92 Å². The van der Waals surface area contributed by atoms with Crippen LogP contribution in [0.5, 0.6) is 0 Å². The molecule has 3 rings (SSSR count). The third-order valence-corrected chi connectivity index (χ3v) is 6.36. The van der Waals surface area contributed by atoms with Crippen molar-refractivity contribution in [1.82, 2.24) is 4.90 Å². The molecule has 0 radical (unpaired) electrons. The average Bonchev–Trinajstić information content (AvgIpc) is 2.79. The number of aryl methyl sites for hydroxylation is 1. The summed E-state index contributed by atoms with van der Waals surface area (Å²) in [5.41, 5.74) is 7.08. The summed E-state index contributed by atoms with van der Waals surface area (Å²) in [6, 6.07) is 16.1. The van der Waals surface area contributed by atoms with Crippen LogP contribution < -0.4 is 4.90 Å². The molecular formula is C31H49N3. The molecule has 0 aliphatic carbocycles. The lowest BCUT2D eigenvalue weighted by Gasteiger charge is -2.35. The van der Waals surface area contributed by atoms with Crippen molar-refractivity contribution >= 4 is 5.69 Å². The van der Waals surface area contributed by atoms with Crippen LogP contribution in [-0.4, -0.2) is 37.6 Å². The van der Waals surface area contributed by atoms with E-state index in [0.29, 0.717) is 12.0 Å². The summed E-state index contributed by atoms with van der Waals surface area (Å²) in [5, 5.41) is 9.28. The van der Waals surface area contributed by atoms with E-state index in [0.717, 1.165) is 37.2 Å². The van der Waals surface area contributed by atoms with Crippen LogP contribution in [0.4, 0.5) is 5.69 Å². The first-order valence-electron chi connectivity index (χ1n) is 13.4. The van der Waals surface area contributed by atoms with E-state index in [1.807, 2.05) is 26.8 Å². The maximum absolute atomic E-state index is 9.28. The van der Waals surface area contributed by atoms with Crippen molar-refractivity contribution in [3.05, 3.63) is 53.1 Å². The van der Waals surface area contributed by atoms with Crippen molar-refractivity contribution in [1.29, 1.82) is 5.26 Å².